The van der Waals surface area contributed by atoms with Crippen LogP contribution in [-0.2, 0) is 0 Å². The largest absolute Gasteiger partial charge is 0.268 e. The minimum absolute atomic E-state index is 0.184. The molecule has 4 heteroatoms. The van der Waals surface area contributed by atoms with Crippen LogP contribution in [-0.4, -0.2) is 9.55 Å². The summed E-state index contributed by atoms with van der Waals surface area (Å²) in [6, 6.07) is 22.8. The van der Waals surface area contributed by atoms with E-state index in [0.29, 0.717) is 22.3 Å². The summed E-state index contributed by atoms with van der Waals surface area (Å²) in [5, 5.41) is 9.62. The van der Waals surface area contributed by atoms with E-state index in [1.807, 2.05) is 62.4 Å². The van der Waals surface area contributed by atoms with Crippen molar-refractivity contribution in [2.45, 2.75) is 13.8 Å². The summed E-state index contributed by atoms with van der Waals surface area (Å²) in [4.78, 5) is 18.1. The molecule has 1 heterocycles. The third-order valence-electron chi connectivity index (χ3n) is 4.60. The Kier molecular flexibility index (Phi) is 4.06. The summed E-state index contributed by atoms with van der Waals surface area (Å²) in [5.41, 5.74) is 4.71. The molecule has 0 spiro atoms. The maximum atomic E-state index is 13.4. The fourth-order valence-electron chi connectivity index (χ4n) is 3.08. The zero-order valence-electron chi connectivity index (χ0n) is 15.1. The zero-order valence-corrected chi connectivity index (χ0v) is 15.1. The standard InChI is InChI=1S/C23H17N3O/c1-15-3-8-18(9-4-15)22-25-21-12-7-17(14-24)13-20(21)23(27)26(22)19-10-5-16(2)6-11-19/h3-13H,1-2H3. The van der Waals surface area contributed by atoms with E-state index < -0.39 is 0 Å². The van der Waals surface area contributed by atoms with Gasteiger partial charge in [0.25, 0.3) is 5.56 Å². The number of benzene rings is 3. The first-order valence-corrected chi connectivity index (χ1v) is 8.68. The van der Waals surface area contributed by atoms with Crippen LogP contribution in [0, 0.1) is 25.2 Å². The Balaban J connectivity index is 2.10. The number of hydrogen-bond acceptors (Lipinski definition) is 3. The van der Waals surface area contributed by atoms with Crippen LogP contribution in [0.1, 0.15) is 16.7 Å². The minimum atomic E-state index is -0.184. The van der Waals surface area contributed by atoms with Crippen molar-refractivity contribution in [3.05, 3.63) is 93.8 Å². The van der Waals surface area contributed by atoms with Crippen LogP contribution in [0.15, 0.2) is 71.5 Å². The van der Waals surface area contributed by atoms with Gasteiger partial charge in [-0.2, -0.15) is 5.26 Å². The molecule has 0 bridgehead atoms. The molecule has 0 aliphatic carbocycles. The summed E-state index contributed by atoms with van der Waals surface area (Å²) >= 11 is 0. The molecule has 0 radical (unpaired) electrons. The average Bonchev–Trinajstić information content (AvgIpc) is 2.69. The smallest absolute Gasteiger partial charge is 0.266 e. The van der Waals surface area contributed by atoms with Gasteiger partial charge in [0, 0.05) is 5.56 Å². The summed E-state index contributed by atoms with van der Waals surface area (Å²) < 4.78 is 1.62. The van der Waals surface area contributed by atoms with Gasteiger partial charge in [0.05, 0.1) is 28.2 Å². The van der Waals surface area contributed by atoms with Crippen LogP contribution in [0.3, 0.4) is 0 Å². The van der Waals surface area contributed by atoms with Crippen molar-refractivity contribution in [3.63, 3.8) is 0 Å². The molecule has 0 saturated heterocycles. The predicted molar refractivity (Wildman–Crippen MR) is 107 cm³/mol. The molecule has 0 aliphatic heterocycles. The van der Waals surface area contributed by atoms with E-state index in [1.165, 1.54) is 0 Å². The molecule has 3 aromatic carbocycles. The van der Waals surface area contributed by atoms with Crippen molar-refractivity contribution in [1.82, 2.24) is 9.55 Å². The Morgan fingerprint density at radius 2 is 1.52 bits per heavy atom. The van der Waals surface area contributed by atoms with Gasteiger partial charge in [0.2, 0.25) is 0 Å². The highest BCUT2D eigenvalue weighted by atomic mass is 16.1. The van der Waals surface area contributed by atoms with Crippen LogP contribution in [0.2, 0.25) is 0 Å². The molecule has 0 aliphatic rings. The Morgan fingerprint density at radius 3 is 2.15 bits per heavy atom. The Labute approximate surface area is 157 Å². The van der Waals surface area contributed by atoms with Crippen molar-refractivity contribution in [3.8, 4) is 23.1 Å². The lowest BCUT2D eigenvalue weighted by Gasteiger charge is -2.14. The van der Waals surface area contributed by atoms with Crippen molar-refractivity contribution >= 4 is 10.9 Å². The average molecular weight is 351 g/mol. The second-order valence-electron chi connectivity index (χ2n) is 6.62. The minimum Gasteiger partial charge on any atom is -0.268 e. The van der Waals surface area contributed by atoms with E-state index >= 15 is 0 Å². The van der Waals surface area contributed by atoms with Gasteiger partial charge in [-0.15, -0.1) is 0 Å². The van der Waals surface area contributed by atoms with Crippen LogP contribution < -0.4 is 5.56 Å². The molecular formula is C23H17N3O. The summed E-state index contributed by atoms with van der Waals surface area (Å²) in [7, 11) is 0. The molecule has 4 aromatic rings. The SMILES string of the molecule is Cc1ccc(-c2nc3ccc(C#N)cc3c(=O)n2-c2ccc(C)cc2)cc1. The van der Waals surface area contributed by atoms with Gasteiger partial charge in [-0.1, -0.05) is 47.5 Å². The Hall–Kier alpha value is -3.71. The fraction of sp³-hybridized carbons (Fsp3) is 0.0870. The first-order chi connectivity index (χ1) is 13.1. The number of aryl methyl sites for hydroxylation is 2. The van der Waals surface area contributed by atoms with Gasteiger partial charge in [-0.05, 0) is 44.2 Å². The highest BCUT2D eigenvalue weighted by Crippen LogP contribution is 2.23. The normalized spacial score (nSPS) is 10.7. The Morgan fingerprint density at radius 1 is 0.889 bits per heavy atom. The quantitative estimate of drug-likeness (QED) is 0.533. The van der Waals surface area contributed by atoms with Crippen molar-refractivity contribution < 1.29 is 0 Å². The first-order valence-electron chi connectivity index (χ1n) is 8.68. The molecule has 0 N–H and O–H groups in total. The number of aromatic nitrogens is 2. The van der Waals surface area contributed by atoms with Crippen LogP contribution >= 0.6 is 0 Å². The third-order valence-corrected chi connectivity index (χ3v) is 4.60. The monoisotopic (exact) mass is 351 g/mol. The molecule has 0 amide bonds. The third kappa shape index (κ3) is 3.00. The second-order valence-corrected chi connectivity index (χ2v) is 6.62. The number of hydrogen-bond donors (Lipinski definition) is 0. The predicted octanol–water partition coefficient (Wildman–Crippen LogP) is 4.54. The van der Waals surface area contributed by atoms with E-state index in [9.17, 15) is 10.1 Å². The van der Waals surface area contributed by atoms with Gasteiger partial charge in [-0.3, -0.25) is 9.36 Å². The van der Waals surface area contributed by atoms with Crippen molar-refractivity contribution in [1.29, 1.82) is 5.26 Å². The maximum Gasteiger partial charge on any atom is 0.266 e. The van der Waals surface area contributed by atoms with Gasteiger partial charge in [-0.25, -0.2) is 4.98 Å². The van der Waals surface area contributed by atoms with Crippen LogP contribution in [0.4, 0.5) is 0 Å². The van der Waals surface area contributed by atoms with E-state index in [0.717, 1.165) is 22.4 Å². The highest BCUT2D eigenvalue weighted by Gasteiger charge is 2.15. The van der Waals surface area contributed by atoms with Gasteiger partial charge in [0.1, 0.15) is 5.82 Å². The molecule has 130 valence electrons. The highest BCUT2D eigenvalue weighted by molar-refractivity contribution is 5.82. The van der Waals surface area contributed by atoms with E-state index in [4.69, 9.17) is 4.98 Å². The second kappa shape index (κ2) is 6.54. The first kappa shape index (κ1) is 16.7. The van der Waals surface area contributed by atoms with E-state index in [1.54, 1.807) is 22.8 Å². The number of rotatable bonds is 2. The molecule has 0 atom stereocenters. The van der Waals surface area contributed by atoms with Gasteiger partial charge >= 0.3 is 0 Å². The lowest BCUT2D eigenvalue weighted by atomic mass is 10.1. The number of fused-ring (bicyclic) bond motifs is 1. The fourth-order valence-corrected chi connectivity index (χ4v) is 3.08. The van der Waals surface area contributed by atoms with Gasteiger partial charge < -0.3 is 0 Å². The van der Waals surface area contributed by atoms with Crippen LogP contribution in [0.5, 0.6) is 0 Å². The van der Waals surface area contributed by atoms with Gasteiger partial charge in [0.15, 0.2) is 0 Å². The lowest BCUT2D eigenvalue weighted by Crippen LogP contribution is -2.22. The summed E-state index contributed by atoms with van der Waals surface area (Å²) in [5.74, 6) is 0.584. The molecule has 1 aromatic heterocycles. The molecule has 4 rings (SSSR count). The topological polar surface area (TPSA) is 58.7 Å². The number of nitrogens with zero attached hydrogens (tertiary/aromatic N) is 3. The van der Waals surface area contributed by atoms with Crippen LogP contribution in [0.25, 0.3) is 28.0 Å². The Bertz CT molecular complexity index is 1240. The molecule has 27 heavy (non-hydrogen) atoms. The van der Waals surface area contributed by atoms with E-state index in [-0.39, 0.29) is 5.56 Å². The van der Waals surface area contributed by atoms with E-state index in [2.05, 4.69) is 6.07 Å². The molecule has 0 unspecified atom stereocenters. The molecule has 0 saturated carbocycles. The number of nitriles is 1. The molecular weight excluding hydrogens is 334 g/mol. The molecule has 0 fully saturated rings. The molecule has 4 nitrogen and oxygen atoms in total. The van der Waals surface area contributed by atoms with Crippen molar-refractivity contribution in [2.75, 3.05) is 0 Å². The maximum absolute atomic E-state index is 13.4. The lowest BCUT2D eigenvalue weighted by molar-refractivity contribution is 0.974. The summed E-state index contributed by atoms with van der Waals surface area (Å²) in [6.07, 6.45) is 0. The summed E-state index contributed by atoms with van der Waals surface area (Å²) in [6.45, 7) is 4.03. The van der Waals surface area contributed by atoms with Crippen molar-refractivity contribution in [2.24, 2.45) is 0 Å². The zero-order chi connectivity index (χ0) is 19.0.